The zero-order valence-corrected chi connectivity index (χ0v) is 24.6. The maximum absolute atomic E-state index is 11.7. The standard InChI is InChI=1S/C17H15N2O.C13H24O2.Ir/c1-11-6-8-18-14(10-11)12-7-9-19-16-13-4-2-3-5-15(13)20-17(12)16;1-5-10(6-2)12(14)9-13(15)11(7-3)8-4;/h6,8-10H,2-5H2,1H3;9-11,14H,5-8H2,1-4H3;/q-1;;/b;12-9-;. The van der Waals surface area contributed by atoms with Crippen molar-refractivity contribution in [2.45, 2.75) is 86.0 Å². The zero-order chi connectivity index (χ0) is 25.4. The Kier molecular flexibility index (Phi) is 12.0. The van der Waals surface area contributed by atoms with Gasteiger partial charge in [0, 0.05) is 61.8 Å². The van der Waals surface area contributed by atoms with Crippen molar-refractivity contribution in [1.29, 1.82) is 0 Å². The second kappa shape index (κ2) is 14.4. The van der Waals surface area contributed by atoms with Crippen molar-refractivity contribution in [3.63, 3.8) is 0 Å². The quantitative estimate of drug-likeness (QED) is 0.151. The summed E-state index contributed by atoms with van der Waals surface area (Å²) < 4.78 is 6.08. The van der Waals surface area contributed by atoms with E-state index in [-0.39, 0.29) is 43.5 Å². The minimum atomic E-state index is 0. The molecule has 1 radical (unpaired) electrons. The van der Waals surface area contributed by atoms with Gasteiger partial charge in [-0.05, 0) is 69.8 Å². The molecule has 0 aliphatic heterocycles. The van der Waals surface area contributed by atoms with Gasteiger partial charge in [0.15, 0.2) is 5.78 Å². The van der Waals surface area contributed by atoms with Crippen LogP contribution in [0.3, 0.4) is 0 Å². The summed E-state index contributed by atoms with van der Waals surface area (Å²) in [6.45, 7) is 10.1. The average molecular weight is 668 g/mol. The van der Waals surface area contributed by atoms with Crippen LogP contribution in [-0.4, -0.2) is 20.9 Å². The van der Waals surface area contributed by atoms with Crippen molar-refractivity contribution < 1.29 is 34.4 Å². The third-order valence-corrected chi connectivity index (χ3v) is 7.03. The van der Waals surface area contributed by atoms with E-state index in [1.54, 1.807) is 6.20 Å². The van der Waals surface area contributed by atoms with Gasteiger partial charge in [-0.15, -0.1) is 5.56 Å². The molecule has 0 saturated heterocycles. The number of pyridine rings is 2. The molecular formula is C30H39IrN2O3-. The molecule has 1 N–H and O–H groups in total. The molecular weight excluding hydrogens is 629 g/mol. The monoisotopic (exact) mass is 668 g/mol. The van der Waals surface area contributed by atoms with Gasteiger partial charge >= 0.3 is 0 Å². The van der Waals surface area contributed by atoms with Gasteiger partial charge in [0.1, 0.15) is 0 Å². The number of aliphatic hydroxyl groups is 1. The largest absolute Gasteiger partial charge is 0.517 e. The number of carbonyl (C=O) groups excluding carboxylic acids is 1. The van der Waals surface area contributed by atoms with E-state index in [0.29, 0.717) is 0 Å². The Morgan fingerprint density at radius 1 is 1.08 bits per heavy atom. The molecule has 4 rings (SSSR count). The predicted molar refractivity (Wildman–Crippen MR) is 141 cm³/mol. The van der Waals surface area contributed by atoms with Gasteiger partial charge in [-0.3, -0.25) is 9.78 Å². The molecule has 5 nitrogen and oxygen atoms in total. The number of furan rings is 1. The molecule has 0 saturated carbocycles. The van der Waals surface area contributed by atoms with Crippen LogP contribution in [0.15, 0.2) is 40.8 Å². The Bertz CT molecular complexity index is 1160. The van der Waals surface area contributed by atoms with Gasteiger partial charge in [0.2, 0.25) is 0 Å². The van der Waals surface area contributed by atoms with E-state index in [1.165, 1.54) is 30.0 Å². The van der Waals surface area contributed by atoms with Crippen molar-refractivity contribution in [2.75, 3.05) is 0 Å². The number of ketones is 1. The molecule has 3 aromatic rings. The molecule has 0 amide bonds. The number of fused-ring (bicyclic) bond motifs is 3. The van der Waals surface area contributed by atoms with Crippen molar-refractivity contribution >= 4 is 16.9 Å². The molecule has 0 aromatic carbocycles. The number of hydrogen-bond donors (Lipinski definition) is 1. The summed E-state index contributed by atoms with van der Waals surface area (Å²) in [6.07, 6.45) is 13.0. The molecule has 6 heteroatoms. The van der Waals surface area contributed by atoms with Gasteiger partial charge in [0.05, 0.1) is 17.0 Å². The van der Waals surface area contributed by atoms with Crippen LogP contribution in [-0.2, 0) is 37.7 Å². The van der Waals surface area contributed by atoms with E-state index in [1.807, 2.05) is 40.0 Å². The Morgan fingerprint density at radius 3 is 2.39 bits per heavy atom. The topological polar surface area (TPSA) is 76.2 Å². The smallest absolute Gasteiger partial charge is 0.162 e. The first-order valence-electron chi connectivity index (χ1n) is 13.1. The number of hydrogen-bond acceptors (Lipinski definition) is 5. The van der Waals surface area contributed by atoms with Gasteiger partial charge in [-0.25, -0.2) is 0 Å². The summed E-state index contributed by atoms with van der Waals surface area (Å²) in [4.78, 5) is 20.6. The van der Waals surface area contributed by atoms with E-state index < -0.39 is 0 Å². The van der Waals surface area contributed by atoms with Gasteiger partial charge in [-0.2, -0.15) is 6.07 Å². The summed E-state index contributed by atoms with van der Waals surface area (Å²) in [7, 11) is 0. The van der Waals surface area contributed by atoms with E-state index >= 15 is 0 Å². The maximum atomic E-state index is 11.7. The first-order chi connectivity index (χ1) is 16.9. The van der Waals surface area contributed by atoms with Gasteiger partial charge < -0.3 is 14.5 Å². The van der Waals surface area contributed by atoms with Crippen molar-refractivity contribution in [1.82, 2.24) is 9.97 Å². The Morgan fingerprint density at radius 2 is 1.75 bits per heavy atom. The molecule has 3 heterocycles. The Hall–Kier alpha value is -2.30. The fourth-order valence-corrected chi connectivity index (χ4v) is 4.72. The van der Waals surface area contributed by atoms with Crippen LogP contribution in [0.25, 0.3) is 22.4 Å². The molecule has 197 valence electrons. The van der Waals surface area contributed by atoms with Crippen molar-refractivity contribution in [2.24, 2.45) is 11.8 Å². The van der Waals surface area contributed by atoms with Crippen molar-refractivity contribution in [3.8, 4) is 11.3 Å². The zero-order valence-electron chi connectivity index (χ0n) is 22.2. The normalized spacial score (nSPS) is 13.2. The second-order valence-electron chi connectivity index (χ2n) is 9.38. The van der Waals surface area contributed by atoms with Crippen LogP contribution in [0.2, 0.25) is 0 Å². The molecule has 0 unspecified atom stereocenters. The molecule has 0 fully saturated rings. The van der Waals surface area contributed by atoms with Crippen LogP contribution >= 0.6 is 0 Å². The van der Waals surface area contributed by atoms with Gasteiger partial charge in [0.25, 0.3) is 0 Å². The van der Waals surface area contributed by atoms with Gasteiger partial charge in [-0.1, -0.05) is 39.3 Å². The third kappa shape index (κ3) is 7.14. The molecule has 1 aliphatic rings. The van der Waals surface area contributed by atoms with Crippen LogP contribution in [0.1, 0.15) is 83.1 Å². The van der Waals surface area contributed by atoms with Crippen LogP contribution in [0.4, 0.5) is 0 Å². The van der Waals surface area contributed by atoms with E-state index in [0.717, 1.165) is 66.6 Å². The summed E-state index contributed by atoms with van der Waals surface area (Å²) in [5.74, 6) is 1.65. The van der Waals surface area contributed by atoms with E-state index in [4.69, 9.17) is 4.42 Å². The summed E-state index contributed by atoms with van der Waals surface area (Å²) in [5, 5.41) is 9.76. The molecule has 0 atom stereocenters. The number of aryl methyl sites for hydroxylation is 3. The average Bonchev–Trinajstić information content (AvgIpc) is 3.25. The first-order valence-corrected chi connectivity index (χ1v) is 13.1. The summed E-state index contributed by atoms with van der Waals surface area (Å²) in [5.41, 5.74) is 6.14. The SMILES string of the molecule is CCC(CC)C(=O)/C=C(\O)C(CC)CC.Cc1ccnc(-c2[c-]cnc3c4c(oc23)CCCC4)c1.[Ir]. The van der Waals surface area contributed by atoms with Crippen LogP contribution in [0, 0.1) is 24.8 Å². The number of carbonyl (C=O) groups is 1. The molecule has 0 spiro atoms. The maximum Gasteiger partial charge on any atom is 0.162 e. The summed E-state index contributed by atoms with van der Waals surface area (Å²) >= 11 is 0. The number of nitrogens with zero attached hydrogens (tertiary/aromatic N) is 2. The van der Waals surface area contributed by atoms with Crippen LogP contribution in [0.5, 0.6) is 0 Å². The van der Waals surface area contributed by atoms with E-state index in [9.17, 15) is 9.90 Å². The minimum Gasteiger partial charge on any atom is -0.517 e. The number of allylic oxidation sites excluding steroid dienone is 2. The second-order valence-corrected chi connectivity index (χ2v) is 9.38. The fourth-order valence-electron chi connectivity index (χ4n) is 4.72. The Balaban J connectivity index is 0.000000260. The molecule has 1 aliphatic carbocycles. The summed E-state index contributed by atoms with van der Waals surface area (Å²) in [6, 6.07) is 7.25. The minimum absolute atomic E-state index is 0. The fraction of sp³-hybridized carbons (Fsp3) is 0.500. The predicted octanol–water partition coefficient (Wildman–Crippen LogP) is 7.74. The molecule has 0 bridgehead atoms. The number of rotatable bonds is 8. The molecule has 36 heavy (non-hydrogen) atoms. The third-order valence-electron chi connectivity index (χ3n) is 7.03. The Labute approximate surface area is 229 Å². The first kappa shape index (κ1) is 29.9. The van der Waals surface area contributed by atoms with Crippen molar-refractivity contribution in [3.05, 3.63) is 59.3 Å². The van der Waals surface area contributed by atoms with Crippen LogP contribution < -0.4 is 0 Å². The van der Waals surface area contributed by atoms with E-state index in [2.05, 4.69) is 29.0 Å². The molecule has 3 aromatic heterocycles. The number of aromatic nitrogens is 2. The number of aliphatic hydroxyl groups excluding tert-OH is 1.